The summed E-state index contributed by atoms with van der Waals surface area (Å²) >= 11 is 0. The highest BCUT2D eigenvalue weighted by Gasteiger charge is 1.90. The van der Waals surface area contributed by atoms with Crippen molar-refractivity contribution < 1.29 is 9.84 Å². The van der Waals surface area contributed by atoms with E-state index in [0.717, 1.165) is 6.54 Å². The lowest BCUT2D eigenvalue weighted by Crippen LogP contribution is -2.17. The molecule has 0 heterocycles. The van der Waals surface area contributed by atoms with Gasteiger partial charge in [0.15, 0.2) is 6.29 Å². The normalized spacial score (nSPS) is 13.9. The van der Waals surface area contributed by atoms with Gasteiger partial charge < -0.3 is 15.2 Å². The number of likely N-dealkylation sites (N-methyl/N-ethyl adjacent to an activating group) is 1. The van der Waals surface area contributed by atoms with Crippen LogP contribution in [0.3, 0.4) is 0 Å². The number of rotatable bonds is 4. The first kappa shape index (κ1) is 7.88. The van der Waals surface area contributed by atoms with Crippen molar-refractivity contribution in [3.05, 3.63) is 0 Å². The molecule has 0 saturated heterocycles. The minimum atomic E-state index is -0.636. The lowest BCUT2D eigenvalue weighted by atomic mass is 10.7. The zero-order chi connectivity index (χ0) is 6.41. The van der Waals surface area contributed by atoms with Gasteiger partial charge in [0.05, 0.1) is 6.61 Å². The van der Waals surface area contributed by atoms with E-state index >= 15 is 0 Å². The Hall–Kier alpha value is -0.120. The van der Waals surface area contributed by atoms with Gasteiger partial charge in [-0.05, 0) is 14.0 Å². The Morgan fingerprint density at radius 3 is 2.75 bits per heavy atom. The molecular weight excluding hydrogens is 106 g/mol. The molecule has 0 spiro atoms. The summed E-state index contributed by atoms with van der Waals surface area (Å²) in [6.45, 7) is 2.94. The summed E-state index contributed by atoms with van der Waals surface area (Å²) in [7, 11) is 1.84. The number of aliphatic hydroxyl groups is 1. The van der Waals surface area contributed by atoms with Crippen molar-refractivity contribution in [3.8, 4) is 0 Å². The quantitative estimate of drug-likeness (QED) is 0.389. The molecule has 0 aliphatic carbocycles. The molecule has 0 aromatic heterocycles. The predicted octanol–water partition coefficient (Wildman–Crippen LogP) is -0.439. The van der Waals surface area contributed by atoms with Crippen LogP contribution in [0.1, 0.15) is 6.92 Å². The van der Waals surface area contributed by atoms with Gasteiger partial charge in [0.25, 0.3) is 0 Å². The topological polar surface area (TPSA) is 41.5 Å². The number of nitrogens with one attached hydrogen (secondary N) is 1. The third kappa shape index (κ3) is 5.88. The third-order valence-corrected chi connectivity index (χ3v) is 0.711. The summed E-state index contributed by atoms with van der Waals surface area (Å²) in [6.07, 6.45) is -0.636. The van der Waals surface area contributed by atoms with Gasteiger partial charge in [-0.3, -0.25) is 0 Å². The van der Waals surface area contributed by atoms with E-state index in [4.69, 9.17) is 9.84 Å². The molecule has 0 radical (unpaired) electrons. The number of aliphatic hydroxyl groups excluding tert-OH is 1. The Balaban J connectivity index is 2.72. The Labute approximate surface area is 49.7 Å². The third-order valence-electron chi connectivity index (χ3n) is 0.711. The van der Waals surface area contributed by atoms with Crippen LogP contribution < -0.4 is 5.32 Å². The molecule has 0 aliphatic rings. The van der Waals surface area contributed by atoms with Crippen LogP contribution in [0, 0.1) is 0 Å². The first-order valence-electron chi connectivity index (χ1n) is 2.71. The zero-order valence-corrected chi connectivity index (χ0v) is 5.35. The summed E-state index contributed by atoms with van der Waals surface area (Å²) in [4.78, 5) is 0. The van der Waals surface area contributed by atoms with Gasteiger partial charge in [-0.1, -0.05) is 0 Å². The van der Waals surface area contributed by atoms with Crippen molar-refractivity contribution in [3.63, 3.8) is 0 Å². The van der Waals surface area contributed by atoms with Gasteiger partial charge in [-0.15, -0.1) is 0 Å². The molecule has 1 atom stereocenters. The highest BCUT2D eigenvalue weighted by atomic mass is 16.6. The van der Waals surface area contributed by atoms with Crippen LogP contribution in [-0.4, -0.2) is 31.6 Å². The van der Waals surface area contributed by atoms with E-state index < -0.39 is 6.29 Å². The van der Waals surface area contributed by atoms with Crippen molar-refractivity contribution in [2.24, 2.45) is 0 Å². The van der Waals surface area contributed by atoms with E-state index in [2.05, 4.69) is 5.32 Å². The van der Waals surface area contributed by atoms with Crippen molar-refractivity contribution in [1.82, 2.24) is 5.32 Å². The maximum Gasteiger partial charge on any atom is 0.151 e. The van der Waals surface area contributed by atoms with E-state index in [1.54, 1.807) is 6.92 Å². The fourth-order valence-corrected chi connectivity index (χ4v) is 0.332. The van der Waals surface area contributed by atoms with E-state index in [0.29, 0.717) is 6.61 Å². The van der Waals surface area contributed by atoms with Gasteiger partial charge in [-0.2, -0.15) is 0 Å². The molecule has 0 rings (SSSR count). The molecule has 0 aromatic rings. The van der Waals surface area contributed by atoms with E-state index in [1.165, 1.54) is 0 Å². The van der Waals surface area contributed by atoms with Crippen LogP contribution in [-0.2, 0) is 4.74 Å². The predicted molar refractivity (Wildman–Crippen MR) is 31.6 cm³/mol. The molecule has 0 unspecified atom stereocenters. The van der Waals surface area contributed by atoms with Crippen LogP contribution in [0.15, 0.2) is 0 Å². The average molecular weight is 119 g/mol. The number of ether oxygens (including phenoxy) is 1. The summed E-state index contributed by atoms with van der Waals surface area (Å²) in [5.41, 5.74) is 0. The van der Waals surface area contributed by atoms with Gasteiger partial charge in [-0.25, -0.2) is 0 Å². The number of hydrogen-bond acceptors (Lipinski definition) is 3. The van der Waals surface area contributed by atoms with Crippen LogP contribution in [0.25, 0.3) is 0 Å². The van der Waals surface area contributed by atoms with Crippen LogP contribution in [0.4, 0.5) is 0 Å². The van der Waals surface area contributed by atoms with E-state index in [9.17, 15) is 0 Å². The number of hydrogen-bond donors (Lipinski definition) is 2. The summed E-state index contributed by atoms with van der Waals surface area (Å²) < 4.78 is 4.78. The smallest absolute Gasteiger partial charge is 0.151 e. The maximum atomic E-state index is 8.53. The zero-order valence-electron chi connectivity index (χ0n) is 5.35. The first-order chi connectivity index (χ1) is 3.77. The standard InChI is InChI=1S/C5H13NO2/c1-5(7)8-4-3-6-2/h5-7H,3-4H2,1-2H3/t5-/m1/s1. The highest BCUT2D eigenvalue weighted by molar-refractivity contribution is 4.34. The van der Waals surface area contributed by atoms with Crippen molar-refractivity contribution in [1.29, 1.82) is 0 Å². The fourth-order valence-electron chi connectivity index (χ4n) is 0.332. The second kappa shape index (κ2) is 5.03. The molecule has 0 aromatic carbocycles. The van der Waals surface area contributed by atoms with Crippen molar-refractivity contribution in [2.45, 2.75) is 13.2 Å². The van der Waals surface area contributed by atoms with Crippen molar-refractivity contribution in [2.75, 3.05) is 20.2 Å². The second-order valence-corrected chi connectivity index (χ2v) is 1.57. The Kier molecular flexibility index (Phi) is 4.95. The lowest BCUT2D eigenvalue weighted by Gasteiger charge is -2.04. The maximum absolute atomic E-state index is 8.53. The fraction of sp³-hybridized carbons (Fsp3) is 1.00. The molecule has 0 aliphatic heterocycles. The molecule has 0 bridgehead atoms. The van der Waals surface area contributed by atoms with Crippen LogP contribution in [0.5, 0.6) is 0 Å². The summed E-state index contributed by atoms with van der Waals surface area (Å²) in [5, 5.41) is 11.4. The van der Waals surface area contributed by atoms with Gasteiger partial charge >= 0.3 is 0 Å². The monoisotopic (exact) mass is 119 g/mol. The molecule has 50 valence electrons. The minimum absolute atomic E-state index is 0.564. The second-order valence-electron chi connectivity index (χ2n) is 1.57. The average Bonchev–Trinajstić information content (AvgIpc) is 1.66. The highest BCUT2D eigenvalue weighted by Crippen LogP contribution is 1.79. The molecule has 3 heteroatoms. The van der Waals surface area contributed by atoms with Crippen LogP contribution in [0.2, 0.25) is 0 Å². The molecule has 0 saturated carbocycles. The molecule has 2 N–H and O–H groups in total. The molecule has 3 nitrogen and oxygen atoms in total. The van der Waals surface area contributed by atoms with Gasteiger partial charge in [0, 0.05) is 6.54 Å². The molecule has 8 heavy (non-hydrogen) atoms. The van der Waals surface area contributed by atoms with Crippen molar-refractivity contribution >= 4 is 0 Å². The summed E-state index contributed by atoms with van der Waals surface area (Å²) in [6, 6.07) is 0. The van der Waals surface area contributed by atoms with Gasteiger partial charge in [0.1, 0.15) is 0 Å². The molecule has 0 fully saturated rings. The minimum Gasteiger partial charge on any atom is -0.368 e. The first-order valence-corrected chi connectivity index (χ1v) is 2.71. The molecular formula is C5H13NO2. The molecule has 0 amide bonds. The largest absolute Gasteiger partial charge is 0.368 e. The van der Waals surface area contributed by atoms with Crippen LogP contribution >= 0.6 is 0 Å². The SMILES string of the molecule is CNCCO[C@H](C)O. The Morgan fingerprint density at radius 2 is 2.38 bits per heavy atom. The Morgan fingerprint density at radius 1 is 1.75 bits per heavy atom. The lowest BCUT2D eigenvalue weighted by molar-refractivity contribution is -0.0831. The van der Waals surface area contributed by atoms with Gasteiger partial charge in [0.2, 0.25) is 0 Å². The summed E-state index contributed by atoms with van der Waals surface area (Å²) in [5.74, 6) is 0. The Bertz CT molecular complexity index is 47.7. The van der Waals surface area contributed by atoms with E-state index in [-0.39, 0.29) is 0 Å². The van der Waals surface area contributed by atoms with E-state index in [1.807, 2.05) is 7.05 Å².